The number of aromatic amines is 1. The number of hydrogen-bond donors (Lipinski definition) is 3. The van der Waals surface area contributed by atoms with Crippen molar-refractivity contribution in [1.29, 1.82) is 10.5 Å². The molecule has 4 N–H and O–H groups in total. The molecule has 2 heterocycles. The van der Waals surface area contributed by atoms with Crippen LogP contribution in [-0.2, 0) is 11.8 Å². The van der Waals surface area contributed by atoms with E-state index in [0.29, 0.717) is 5.69 Å². The first-order valence-corrected chi connectivity index (χ1v) is 9.90. The van der Waals surface area contributed by atoms with E-state index in [1.807, 2.05) is 31.2 Å². The van der Waals surface area contributed by atoms with Crippen LogP contribution in [0.15, 0.2) is 38.6 Å². The number of hydrogen-bond acceptors (Lipinski definition) is 8. The van der Waals surface area contributed by atoms with E-state index < -0.39 is 10.9 Å². The molecule has 0 fully saturated rings. The molecule has 0 aliphatic carbocycles. The average Bonchev–Trinajstić information content (AvgIpc) is 3.07. The molecular formula is C20H18N7O3S+. The van der Waals surface area contributed by atoms with Gasteiger partial charge in [-0.3, -0.25) is 9.32 Å². The molecular weight excluding hydrogens is 418 g/mol. The molecule has 2 aromatic heterocycles. The van der Waals surface area contributed by atoms with E-state index in [2.05, 4.69) is 15.6 Å². The van der Waals surface area contributed by atoms with Gasteiger partial charge < -0.3 is 11.1 Å². The van der Waals surface area contributed by atoms with Gasteiger partial charge in [0, 0.05) is 5.69 Å². The minimum Gasteiger partial charge on any atom is -0.383 e. The summed E-state index contributed by atoms with van der Waals surface area (Å²) in [4.78, 5) is 29.0. The van der Waals surface area contributed by atoms with E-state index in [9.17, 15) is 20.1 Å². The molecule has 0 saturated carbocycles. The van der Waals surface area contributed by atoms with Crippen LogP contribution in [-0.4, -0.2) is 21.4 Å². The minimum absolute atomic E-state index is 0.00337. The molecule has 3 rings (SSSR count). The number of nitrogens with zero attached hydrogens (tertiary/aromatic N) is 4. The molecule has 0 aliphatic heterocycles. The smallest absolute Gasteiger partial charge is 0.383 e. The highest BCUT2D eigenvalue weighted by molar-refractivity contribution is 8.00. The van der Waals surface area contributed by atoms with Crippen LogP contribution < -0.4 is 21.4 Å². The topological polar surface area (TPSA) is 165 Å². The molecule has 31 heavy (non-hydrogen) atoms. The molecule has 3 aromatic rings. The lowest BCUT2D eigenvalue weighted by Gasteiger charge is -2.14. The molecule has 10 nitrogen and oxygen atoms in total. The van der Waals surface area contributed by atoms with E-state index in [0.717, 1.165) is 17.3 Å². The predicted molar refractivity (Wildman–Crippen MR) is 113 cm³/mol. The Balaban J connectivity index is 2.01. The molecule has 1 unspecified atom stereocenters. The van der Waals surface area contributed by atoms with Crippen molar-refractivity contribution in [2.75, 3.05) is 11.1 Å². The first-order valence-electron chi connectivity index (χ1n) is 9.02. The van der Waals surface area contributed by atoms with Crippen molar-refractivity contribution in [2.45, 2.75) is 24.1 Å². The van der Waals surface area contributed by atoms with Gasteiger partial charge in [0.15, 0.2) is 7.05 Å². The maximum Gasteiger partial charge on any atom is 0.435 e. The summed E-state index contributed by atoms with van der Waals surface area (Å²) in [5.41, 5.74) is 6.64. The molecule has 0 saturated heterocycles. The van der Waals surface area contributed by atoms with Gasteiger partial charge in [0.2, 0.25) is 5.91 Å². The standard InChI is InChI=1S/C20H17N7O3S/c1-10-4-6-12(7-5-10)24-18(28)11(2)31-19-14(9-22)15(13(8-21)17(23)25-19)16-20(29)30-26-27(16)3/h4-7,11H,1-3H3,(H3-,23,24,25,26,28,29)/p+1. The van der Waals surface area contributed by atoms with Gasteiger partial charge in [-0.2, -0.15) is 10.5 Å². The lowest BCUT2D eigenvalue weighted by atomic mass is 10.0. The maximum atomic E-state index is 12.6. The summed E-state index contributed by atoms with van der Waals surface area (Å²) < 4.78 is 5.99. The van der Waals surface area contributed by atoms with Crippen LogP contribution in [0.25, 0.3) is 11.3 Å². The molecule has 1 atom stereocenters. The number of rotatable bonds is 5. The van der Waals surface area contributed by atoms with Gasteiger partial charge in [-0.25, -0.2) is 9.78 Å². The number of nitrogens with one attached hydrogen (secondary N) is 2. The van der Waals surface area contributed by atoms with Gasteiger partial charge in [0.05, 0.1) is 10.8 Å². The highest BCUT2D eigenvalue weighted by atomic mass is 32.2. The fraction of sp³-hybridized carbons (Fsp3) is 0.200. The Morgan fingerprint density at radius 1 is 1.29 bits per heavy atom. The summed E-state index contributed by atoms with van der Waals surface area (Å²) in [7, 11) is 1.49. The first-order chi connectivity index (χ1) is 14.8. The number of thioether (sulfide) groups is 1. The molecule has 156 valence electrons. The van der Waals surface area contributed by atoms with Crippen LogP contribution in [0.1, 0.15) is 23.6 Å². The van der Waals surface area contributed by atoms with E-state index in [-0.39, 0.29) is 39.1 Å². The lowest BCUT2D eigenvalue weighted by molar-refractivity contribution is -0.730. The Morgan fingerprint density at radius 3 is 2.48 bits per heavy atom. The maximum absolute atomic E-state index is 12.6. The van der Waals surface area contributed by atoms with Gasteiger partial charge in [0.1, 0.15) is 34.1 Å². The molecule has 1 amide bonds. The normalized spacial score (nSPS) is 11.4. The van der Waals surface area contributed by atoms with Crippen molar-refractivity contribution in [3.05, 3.63) is 51.4 Å². The van der Waals surface area contributed by atoms with Crippen molar-refractivity contribution >= 4 is 29.2 Å². The Labute approximate surface area is 181 Å². The SMILES string of the molecule is Cc1ccc(NC(=O)C(C)Sc2nc(N)c(C#N)c(-c3c(=O)o[nH][n+]3C)c2C#N)cc1. The highest BCUT2D eigenvalue weighted by Gasteiger charge is 2.32. The Bertz CT molecular complexity index is 1300. The molecule has 0 spiro atoms. The first kappa shape index (κ1) is 21.6. The number of nitrogen functional groups attached to an aromatic ring is 1. The van der Waals surface area contributed by atoms with Crippen molar-refractivity contribution in [1.82, 2.24) is 10.3 Å². The predicted octanol–water partition coefficient (Wildman–Crippen LogP) is 1.61. The average molecular weight is 436 g/mol. The van der Waals surface area contributed by atoms with E-state index in [4.69, 9.17) is 10.3 Å². The molecule has 0 radical (unpaired) electrons. The molecule has 0 aliphatic rings. The van der Waals surface area contributed by atoms with E-state index in [1.54, 1.807) is 19.1 Å². The number of pyridine rings is 1. The number of amides is 1. The lowest BCUT2D eigenvalue weighted by Crippen LogP contribution is -2.34. The summed E-state index contributed by atoms with van der Waals surface area (Å²) in [6, 6.07) is 11.2. The second kappa shape index (κ2) is 8.73. The van der Waals surface area contributed by atoms with Gasteiger partial charge >= 0.3 is 11.3 Å². The van der Waals surface area contributed by atoms with Gasteiger partial charge in [-0.1, -0.05) is 34.1 Å². The van der Waals surface area contributed by atoms with E-state index in [1.165, 1.54) is 11.7 Å². The minimum atomic E-state index is -0.776. The quantitative estimate of drug-likeness (QED) is 0.401. The summed E-state index contributed by atoms with van der Waals surface area (Å²) in [6.07, 6.45) is 0. The molecule has 0 bridgehead atoms. The van der Waals surface area contributed by atoms with Crippen LogP contribution in [0.5, 0.6) is 0 Å². The fourth-order valence-electron chi connectivity index (χ4n) is 2.83. The van der Waals surface area contributed by atoms with Gasteiger partial charge in [-0.15, -0.1) is 0 Å². The largest absolute Gasteiger partial charge is 0.435 e. The monoisotopic (exact) mass is 436 g/mol. The number of nitriles is 2. The third-order valence-electron chi connectivity index (χ3n) is 4.43. The summed E-state index contributed by atoms with van der Waals surface area (Å²) in [5, 5.41) is 24.0. The second-order valence-corrected chi connectivity index (χ2v) is 7.98. The number of carbonyl (C=O) groups excluding carboxylic acids is 1. The zero-order valence-corrected chi connectivity index (χ0v) is 17.7. The zero-order chi connectivity index (χ0) is 22.7. The van der Waals surface area contributed by atoms with Crippen LogP contribution in [0, 0.1) is 29.6 Å². The molecule has 1 aromatic carbocycles. The summed E-state index contributed by atoms with van der Waals surface area (Å²) in [5.74, 6) is -0.471. The van der Waals surface area contributed by atoms with Crippen molar-refractivity contribution in [2.24, 2.45) is 7.05 Å². The third kappa shape index (κ3) is 4.27. The van der Waals surface area contributed by atoms with Gasteiger partial charge in [0.25, 0.3) is 0 Å². The number of anilines is 2. The van der Waals surface area contributed by atoms with Crippen molar-refractivity contribution in [3.8, 4) is 23.4 Å². The number of aryl methyl sites for hydroxylation is 2. The molecule has 11 heteroatoms. The third-order valence-corrected chi connectivity index (χ3v) is 5.52. The van der Waals surface area contributed by atoms with Crippen LogP contribution in [0.2, 0.25) is 0 Å². The second-order valence-electron chi connectivity index (χ2n) is 6.65. The van der Waals surface area contributed by atoms with Crippen LogP contribution >= 0.6 is 11.8 Å². The number of benzene rings is 1. The van der Waals surface area contributed by atoms with Crippen LogP contribution in [0.3, 0.4) is 0 Å². The number of nitrogens with two attached hydrogens (primary N) is 1. The zero-order valence-electron chi connectivity index (χ0n) is 16.9. The Kier molecular flexibility index (Phi) is 6.09. The van der Waals surface area contributed by atoms with Crippen molar-refractivity contribution < 1.29 is 14.0 Å². The van der Waals surface area contributed by atoms with Crippen molar-refractivity contribution in [3.63, 3.8) is 0 Å². The van der Waals surface area contributed by atoms with Gasteiger partial charge in [-0.05, 0) is 31.3 Å². The number of H-pyrrole nitrogens is 1. The Hall–Kier alpha value is -4.09. The number of carbonyl (C=O) groups is 1. The fourth-order valence-corrected chi connectivity index (χ4v) is 3.75. The Morgan fingerprint density at radius 2 is 1.94 bits per heavy atom. The summed E-state index contributed by atoms with van der Waals surface area (Å²) >= 11 is 0.995. The van der Waals surface area contributed by atoms with E-state index >= 15 is 0 Å². The highest BCUT2D eigenvalue weighted by Crippen LogP contribution is 2.35. The number of aromatic nitrogens is 3. The van der Waals surface area contributed by atoms with Crippen LogP contribution in [0.4, 0.5) is 11.5 Å². The summed E-state index contributed by atoms with van der Waals surface area (Å²) in [6.45, 7) is 3.59.